The van der Waals surface area contributed by atoms with Crippen LogP contribution in [0.4, 0.5) is 22.9 Å². The Labute approximate surface area is 235 Å². The Morgan fingerprint density at radius 3 is 2.35 bits per heavy atom. The second kappa shape index (κ2) is 8.46. The molecular weight excluding hydrogens is 492 g/mol. The van der Waals surface area contributed by atoms with Crippen LogP contribution < -0.4 is 14.7 Å². The van der Waals surface area contributed by atoms with Crippen LogP contribution in [0.3, 0.4) is 0 Å². The Hall–Kier alpha value is -4.58. The number of benzene rings is 3. The SMILES string of the molecule is C=C1CC2c3ccccc3N3c4cnc(-c5ccccc5C)nc4N(C)C3C2C2N(C)C=CN2c2ccccc21. The summed E-state index contributed by atoms with van der Waals surface area (Å²) in [5.74, 6) is 2.28. The van der Waals surface area contributed by atoms with Gasteiger partial charge in [-0.15, -0.1) is 0 Å². The van der Waals surface area contributed by atoms with Crippen LogP contribution in [0, 0.1) is 12.8 Å². The van der Waals surface area contributed by atoms with Crippen molar-refractivity contribution in [2.24, 2.45) is 5.92 Å². The Bertz CT molecular complexity index is 1710. The van der Waals surface area contributed by atoms with Gasteiger partial charge < -0.3 is 19.6 Å². The van der Waals surface area contributed by atoms with Crippen molar-refractivity contribution in [2.75, 3.05) is 28.8 Å². The largest absolute Gasteiger partial charge is 0.358 e. The maximum Gasteiger partial charge on any atom is 0.161 e. The van der Waals surface area contributed by atoms with E-state index in [1.807, 2.05) is 6.20 Å². The molecule has 0 aliphatic carbocycles. The van der Waals surface area contributed by atoms with Crippen molar-refractivity contribution in [3.05, 3.63) is 115 Å². The number of fused-ring (bicyclic) bond motifs is 12. The molecule has 6 heteroatoms. The monoisotopic (exact) mass is 524 g/mol. The minimum atomic E-state index is 0.0734. The average molecular weight is 525 g/mol. The number of allylic oxidation sites excluding steroid dienone is 1. The molecule has 6 nitrogen and oxygen atoms in total. The van der Waals surface area contributed by atoms with Crippen LogP contribution in [0.25, 0.3) is 17.0 Å². The molecule has 0 fully saturated rings. The molecule has 0 saturated heterocycles. The normalized spacial score (nSPS) is 24.0. The summed E-state index contributed by atoms with van der Waals surface area (Å²) in [5, 5.41) is 0. The lowest BCUT2D eigenvalue weighted by atomic mass is 9.72. The Balaban J connectivity index is 1.34. The minimum Gasteiger partial charge on any atom is -0.358 e. The third-order valence-electron chi connectivity index (χ3n) is 9.33. The van der Waals surface area contributed by atoms with E-state index in [1.165, 1.54) is 33.6 Å². The van der Waals surface area contributed by atoms with E-state index in [0.717, 1.165) is 29.3 Å². The zero-order chi connectivity index (χ0) is 27.1. The molecule has 1 aromatic heterocycles. The van der Waals surface area contributed by atoms with Gasteiger partial charge in [0, 0.05) is 55.1 Å². The zero-order valence-corrected chi connectivity index (χ0v) is 23.1. The Morgan fingerprint density at radius 1 is 0.800 bits per heavy atom. The van der Waals surface area contributed by atoms with Gasteiger partial charge in [-0.25, -0.2) is 9.97 Å². The number of aromatic nitrogens is 2. The highest BCUT2D eigenvalue weighted by Crippen LogP contribution is 2.58. The second-order valence-electron chi connectivity index (χ2n) is 11.5. The number of hydrogen-bond acceptors (Lipinski definition) is 6. The van der Waals surface area contributed by atoms with Crippen LogP contribution in [-0.4, -0.2) is 41.3 Å². The van der Waals surface area contributed by atoms with E-state index in [9.17, 15) is 0 Å². The maximum absolute atomic E-state index is 5.21. The summed E-state index contributed by atoms with van der Waals surface area (Å²) in [7, 11) is 4.41. The lowest BCUT2D eigenvalue weighted by molar-refractivity contribution is 0.186. The van der Waals surface area contributed by atoms with E-state index in [1.54, 1.807) is 0 Å². The summed E-state index contributed by atoms with van der Waals surface area (Å²) in [6.07, 6.45) is 7.61. The van der Waals surface area contributed by atoms with Crippen LogP contribution in [0.15, 0.2) is 98.0 Å². The molecule has 40 heavy (non-hydrogen) atoms. The summed E-state index contributed by atoms with van der Waals surface area (Å²) in [4.78, 5) is 19.9. The number of aryl methyl sites for hydroxylation is 1. The minimum absolute atomic E-state index is 0.0734. The maximum atomic E-state index is 5.21. The number of rotatable bonds is 1. The molecule has 3 aromatic carbocycles. The molecule has 4 atom stereocenters. The van der Waals surface area contributed by atoms with E-state index < -0.39 is 0 Å². The first-order chi connectivity index (χ1) is 19.5. The van der Waals surface area contributed by atoms with Crippen LogP contribution in [0.1, 0.15) is 29.0 Å². The van der Waals surface area contributed by atoms with Gasteiger partial charge in [0.15, 0.2) is 11.6 Å². The van der Waals surface area contributed by atoms with Crippen molar-refractivity contribution < 1.29 is 0 Å². The first-order valence-electron chi connectivity index (χ1n) is 14.0. The van der Waals surface area contributed by atoms with Crippen molar-refractivity contribution in [3.63, 3.8) is 0 Å². The summed E-state index contributed by atoms with van der Waals surface area (Å²) in [5.41, 5.74) is 9.59. The lowest BCUT2D eigenvalue weighted by Gasteiger charge is -2.52. The topological polar surface area (TPSA) is 38.7 Å². The van der Waals surface area contributed by atoms with Crippen molar-refractivity contribution in [1.82, 2.24) is 14.9 Å². The molecule has 0 N–H and O–H groups in total. The Morgan fingerprint density at radius 2 is 1.52 bits per heavy atom. The summed E-state index contributed by atoms with van der Waals surface area (Å²) < 4.78 is 0. The molecule has 0 amide bonds. The molecule has 198 valence electrons. The van der Waals surface area contributed by atoms with Gasteiger partial charge in [0.1, 0.15) is 18.0 Å². The van der Waals surface area contributed by atoms with Crippen LogP contribution in [-0.2, 0) is 0 Å². The van der Waals surface area contributed by atoms with E-state index >= 15 is 0 Å². The van der Waals surface area contributed by atoms with Crippen molar-refractivity contribution in [2.45, 2.75) is 31.6 Å². The van der Waals surface area contributed by atoms with Gasteiger partial charge in [0.25, 0.3) is 0 Å². The van der Waals surface area contributed by atoms with E-state index in [0.29, 0.717) is 0 Å². The smallest absolute Gasteiger partial charge is 0.161 e. The van der Waals surface area contributed by atoms with Crippen molar-refractivity contribution in [1.29, 1.82) is 0 Å². The van der Waals surface area contributed by atoms with Gasteiger partial charge in [-0.1, -0.05) is 67.2 Å². The molecule has 5 heterocycles. The van der Waals surface area contributed by atoms with E-state index in [4.69, 9.17) is 9.97 Å². The highest BCUT2D eigenvalue weighted by Gasteiger charge is 2.55. The van der Waals surface area contributed by atoms with Crippen molar-refractivity contribution >= 4 is 28.5 Å². The molecule has 4 aromatic rings. The van der Waals surface area contributed by atoms with Gasteiger partial charge in [-0.2, -0.15) is 0 Å². The number of anilines is 4. The molecule has 0 saturated carbocycles. The summed E-state index contributed by atoms with van der Waals surface area (Å²) in [6, 6.07) is 26.0. The van der Waals surface area contributed by atoms with Gasteiger partial charge in [-0.05, 0) is 42.2 Å². The fourth-order valence-electron chi connectivity index (χ4n) is 7.54. The molecule has 4 unspecified atom stereocenters. The van der Waals surface area contributed by atoms with Crippen LogP contribution >= 0.6 is 0 Å². The predicted octanol–water partition coefficient (Wildman–Crippen LogP) is 6.75. The first-order valence-corrected chi connectivity index (χ1v) is 14.0. The predicted molar refractivity (Wildman–Crippen MR) is 162 cm³/mol. The summed E-state index contributed by atoms with van der Waals surface area (Å²) in [6.45, 7) is 6.76. The molecule has 4 aliphatic heterocycles. The van der Waals surface area contributed by atoms with Crippen molar-refractivity contribution in [3.8, 4) is 11.4 Å². The molecule has 4 aliphatic rings. The van der Waals surface area contributed by atoms with Gasteiger partial charge >= 0.3 is 0 Å². The first kappa shape index (κ1) is 23.3. The molecular formula is C34H32N6. The van der Waals surface area contributed by atoms with Crippen LogP contribution in [0.2, 0.25) is 0 Å². The lowest BCUT2D eigenvalue weighted by Crippen LogP contribution is -2.59. The molecule has 0 radical (unpaired) electrons. The third kappa shape index (κ3) is 3.10. The van der Waals surface area contributed by atoms with Gasteiger partial charge in [0.2, 0.25) is 0 Å². The fraction of sp³-hybridized carbons (Fsp3) is 0.235. The Kier molecular flexibility index (Phi) is 4.93. The van der Waals surface area contributed by atoms with E-state index in [-0.39, 0.29) is 24.2 Å². The third-order valence-corrected chi connectivity index (χ3v) is 9.33. The average Bonchev–Trinajstić information content (AvgIpc) is 3.49. The number of para-hydroxylation sites is 2. The van der Waals surface area contributed by atoms with Gasteiger partial charge in [-0.3, -0.25) is 0 Å². The van der Waals surface area contributed by atoms with Crippen LogP contribution in [0.5, 0.6) is 0 Å². The van der Waals surface area contributed by atoms with Gasteiger partial charge in [0.05, 0.1) is 11.9 Å². The molecule has 0 bridgehead atoms. The second-order valence-corrected chi connectivity index (χ2v) is 11.5. The number of nitrogens with zero attached hydrogens (tertiary/aromatic N) is 6. The zero-order valence-electron chi connectivity index (χ0n) is 23.1. The molecule has 8 rings (SSSR count). The highest BCUT2D eigenvalue weighted by atomic mass is 15.5. The molecule has 0 spiro atoms. The quantitative estimate of drug-likeness (QED) is 0.274. The summed E-state index contributed by atoms with van der Waals surface area (Å²) >= 11 is 0. The number of hydrogen-bond donors (Lipinski definition) is 0. The van der Waals surface area contributed by atoms with E-state index in [2.05, 4.69) is 132 Å². The standard InChI is InChI=1S/C34H32N6/c1-21-11-5-6-13-24(21)31-35-20-29-32(36-31)38(4)34-30-26(25-14-8-10-16-28(25)40(29)34)19-22(2)23-12-7-9-15-27(23)39-18-17-37(3)33(30)39/h5-18,20,26,30,33-34H,2,19H2,1,3-4H3. The fourth-order valence-corrected chi connectivity index (χ4v) is 7.54. The highest BCUT2D eigenvalue weighted by molar-refractivity contribution is 5.86.